The SMILES string of the molecule is CCc1cc(CC(N)Cc2ccc(OC)cc2)n(CC)n1. The average molecular weight is 287 g/mol. The summed E-state index contributed by atoms with van der Waals surface area (Å²) in [5, 5.41) is 4.57. The minimum absolute atomic E-state index is 0.102. The lowest BCUT2D eigenvalue weighted by Crippen LogP contribution is -2.26. The third kappa shape index (κ3) is 4.08. The zero-order valence-electron chi connectivity index (χ0n) is 13.2. The van der Waals surface area contributed by atoms with Crippen LogP contribution in [0.4, 0.5) is 0 Å². The number of methoxy groups -OCH3 is 1. The number of aryl methyl sites for hydroxylation is 2. The molecule has 0 aliphatic carbocycles. The molecule has 2 N–H and O–H groups in total. The number of aromatic nitrogens is 2. The highest BCUT2D eigenvalue weighted by Crippen LogP contribution is 2.14. The number of rotatable bonds is 7. The van der Waals surface area contributed by atoms with Crippen molar-refractivity contribution in [1.82, 2.24) is 9.78 Å². The van der Waals surface area contributed by atoms with Crippen molar-refractivity contribution in [2.24, 2.45) is 5.73 Å². The minimum atomic E-state index is 0.102. The Hall–Kier alpha value is -1.81. The van der Waals surface area contributed by atoms with E-state index in [4.69, 9.17) is 10.5 Å². The molecule has 0 aliphatic rings. The normalized spacial score (nSPS) is 12.4. The van der Waals surface area contributed by atoms with Crippen LogP contribution in [0.2, 0.25) is 0 Å². The van der Waals surface area contributed by atoms with Crippen molar-refractivity contribution in [2.75, 3.05) is 7.11 Å². The maximum Gasteiger partial charge on any atom is 0.118 e. The number of ether oxygens (including phenoxy) is 1. The maximum absolute atomic E-state index is 6.31. The second-order valence-corrected chi connectivity index (χ2v) is 5.31. The summed E-state index contributed by atoms with van der Waals surface area (Å²) in [5.74, 6) is 0.879. The Labute approximate surface area is 126 Å². The van der Waals surface area contributed by atoms with Crippen molar-refractivity contribution in [2.45, 2.75) is 45.7 Å². The lowest BCUT2D eigenvalue weighted by atomic mass is 10.0. The summed E-state index contributed by atoms with van der Waals surface area (Å²) in [6.45, 7) is 5.14. The van der Waals surface area contributed by atoms with Crippen LogP contribution >= 0.6 is 0 Å². The maximum atomic E-state index is 6.31. The smallest absolute Gasteiger partial charge is 0.118 e. The molecule has 1 aromatic heterocycles. The molecule has 4 heteroatoms. The van der Waals surface area contributed by atoms with Gasteiger partial charge < -0.3 is 10.5 Å². The summed E-state index contributed by atoms with van der Waals surface area (Å²) < 4.78 is 7.23. The van der Waals surface area contributed by atoms with Crippen LogP contribution in [0, 0.1) is 0 Å². The fourth-order valence-corrected chi connectivity index (χ4v) is 2.53. The predicted molar refractivity (Wildman–Crippen MR) is 85.7 cm³/mol. The molecule has 21 heavy (non-hydrogen) atoms. The van der Waals surface area contributed by atoms with Gasteiger partial charge in [-0.3, -0.25) is 4.68 Å². The van der Waals surface area contributed by atoms with Crippen LogP contribution in [0.3, 0.4) is 0 Å². The van der Waals surface area contributed by atoms with Crippen LogP contribution in [0.25, 0.3) is 0 Å². The fourth-order valence-electron chi connectivity index (χ4n) is 2.53. The molecule has 0 spiro atoms. The first kappa shape index (κ1) is 15.6. The quantitative estimate of drug-likeness (QED) is 0.851. The van der Waals surface area contributed by atoms with E-state index in [1.165, 1.54) is 11.3 Å². The third-order valence-electron chi connectivity index (χ3n) is 3.70. The van der Waals surface area contributed by atoms with Gasteiger partial charge in [0.25, 0.3) is 0 Å². The first-order valence-corrected chi connectivity index (χ1v) is 7.60. The van der Waals surface area contributed by atoms with E-state index in [0.717, 1.165) is 37.3 Å². The molecule has 1 heterocycles. The summed E-state index contributed by atoms with van der Waals surface area (Å²) in [5.41, 5.74) is 9.92. The lowest BCUT2D eigenvalue weighted by Gasteiger charge is -2.13. The Morgan fingerprint density at radius 1 is 1.19 bits per heavy atom. The van der Waals surface area contributed by atoms with Crippen LogP contribution in [-0.2, 0) is 25.8 Å². The van der Waals surface area contributed by atoms with Crippen molar-refractivity contribution < 1.29 is 4.74 Å². The van der Waals surface area contributed by atoms with Gasteiger partial charge in [-0.1, -0.05) is 19.1 Å². The van der Waals surface area contributed by atoms with Crippen molar-refractivity contribution >= 4 is 0 Å². The largest absolute Gasteiger partial charge is 0.497 e. The predicted octanol–water partition coefficient (Wildman–Crippen LogP) is 2.59. The topological polar surface area (TPSA) is 53.1 Å². The van der Waals surface area contributed by atoms with Gasteiger partial charge in [0.05, 0.1) is 12.8 Å². The van der Waals surface area contributed by atoms with E-state index in [0.29, 0.717) is 0 Å². The first-order chi connectivity index (χ1) is 10.2. The highest BCUT2D eigenvalue weighted by Gasteiger charge is 2.11. The molecular weight excluding hydrogens is 262 g/mol. The average Bonchev–Trinajstić information content (AvgIpc) is 2.90. The Morgan fingerprint density at radius 2 is 1.90 bits per heavy atom. The lowest BCUT2D eigenvalue weighted by molar-refractivity contribution is 0.414. The molecule has 0 saturated heterocycles. The van der Waals surface area contributed by atoms with Crippen molar-refractivity contribution in [1.29, 1.82) is 0 Å². The molecule has 1 aromatic carbocycles. The third-order valence-corrected chi connectivity index (χ3v) is 3.70. The van der Waals surface area contributed by atoms with Crippen molar-refractivity contribution in [3.8, 4) is 5.75 Å². The zero-order chi connectivity index (χ0) is 15.2. The summed E-state index contributed by atoms with van der Waals surface area (Å²) in [7, 11) is 1.68. The Morgan fingerprint density at radius 3 is 2.48 bits per heavy atom. The summed E-state index contributed by atoms with van der Waals surface area (Å²) in [6.07, 6.45) is 2.68. The van der Waals surface area contributed by atoms with Gasteiger partial charge in [-0.2, -0.15) is 5.10 Å². The van der Waals surface area contributed by atoms with Crippen LogP contribution in [0.5, 0.6) is 5.75 Å². The molecule has 2 rings (SSSR count). The van der Waals surface area contributed by atoms with E-state index in [1.54, 1.807) is 7.11 Å². The van der Waals surface area contributed by atoms with Crippen molar-refractivity contribution in [3.63, 3.8) is 0 Å². The van der Waals surface area contributed by atoms with E-state index >= 15 is 0 Å². The number of hydrogen-bond acceptors (Lipinski definition) is 3. The van der Waals surface area contributed by atoms with E-state index in [9.17, 15) is 0 Å². The molecule has 114 valence electrons. The molecule has 0 aliphatic heterocycles. The van der Waals surface area contributed by atoms with Gasteiger partial charge in [0.1, 0.15) is 5.75 Å². The second-order valence-electron chi connectivity index (χ2n) is 5.31. The number of nitrogens with zero attached hydrogens (tertiary/aromatic N) is 2. The zero-order valence-corrected chi connectivity index (χ0v) is 13.2. The van der Waals surface area contributed by atoms with E-state index in [2.05, 4.69) is 41.8 Å². The number of benzene rings is 1. The molecular formula is C17H25N3O. The molecule has 1 unspecified atom stereocenters. The molecule has 4 nitrogen and oxygen atoms in total. The van der Waals surface area contributed by atoms with Crippen LogP contribution < -0.4 is 10.5 Å². The highest BCUT2D eigenvalue weighted by molar-refractivity contribution is 5.27. The summed E-state index contributed by atoms with van der Waals surface area (Å²) >= 11 is 0. The molecule has 0 radical (unpaired) electrons. The van der Waals surface area contributed by atoms with Crippen LogP contribution in [0.15, 0.2) is 30.3 Å². The molecule has 0 amide bonds. The summed E-state index contributed by atoms with van der Waals surface area (Å²) in [4.78, 5) is 0. The standard InChI is InChI=1S/C17H25N3O/c1-4-15-12-16(20(5-2)19-15)11-14(18)10-13-6-8-17(21-3)9-7-13/h6-9,12,14H,4-5,10-11,18H2,1-3H3. The van der Waals surface area contributed by atoms with Gasteiger partial charge in [-0.05, 0) is 43.5 Å². The van der Waals surface area contributed by atoms with Crippen LogP contribution in [-0.4, -0.2) is 22.9 Å². The summed E-state index contributed by atoms with van der Waals surface area (Å²) in [6, 6.07) is 10.4. The van der Waals surface area contributed by atoms with Gasteiger partial charge >= 0.3 is 0 Å². The Kier molecular flexibility index (Phi) is 5.39. The molecule has 0 saturated carbocycles. The molecule has 0 bridgehead atoms. The van der Waals surface area contributed by atoms with Gasteiger partial charge in [0, 0.05) is 24.7 Å². The highest BCUT2D eigenvalue weighted by atomic mass is 16.5. The Balaban J connectivity index is 2.00. The minimum Gasteiger partial charge on any atom is -0.497 e. The molecule has 0 fully saturated rings. The van der Waals surface area contributed by atoms with Crippen LogP contribution in [0.1, 0.15) is 30.8 Å². The second kappa shape index (κ2) is 7.27. The molecule has 2 aromatic rings. The number of hydrogen-bond donors (Lipinski definition) is 1. The first-order valence-electron chi connectivity index (χ1n) is 7.60. The van der Waals surface area contributed by atoms with E-state index < -0.39 is 0 Å². The van der Waals surface area contributed by atoms with Crippen molar-refractivity contribution in [3.05, 3.63) is 47.3 Å². The van der Waals surface area contributed by atoms with Gasteiger partial charge in [-0.15, -0.1) is 0 Å². The fraction of sp³-hybridized carbons (Fsp3) is 0.471. The van der Waals surface area contributed by atoms with E-state index in [1.807, 2.05) is 12.1 Å². The monoisotopic (exact) mass is 287 g/mol. The van der Waals surface area contributed by atoms with Gasteiger partial charge in [-0.25, -0.2) is 0 Å². The Bertz CT molecular complexity index is 560. The van der Waals surface area contributed by atoms with Gasteiger partial charge in [0.15, 0.2) is 0 Å². The molecule has 1 atom stereocenters. The van der Waals surface area contributed by atoms with E-state index in [-0.39, 0.29) is 6.04 Å². The number of nitrogens with two attached hydrogens (primary N) is 1. The van der Waals surface area contributed by atoms with Gasteiger partial charge in [0.2, 0.25) is 0 Å².